The monoisotopic (exact) mass is 390 g/mol. The lowest BCUT2D eigenvalue weighted by Gasteiger charge is -2.36. The zero-order chi connectivity index (χ0) is 19.6. The first kappa shape index (κ1) is 20.1. The van der Waals surface area contributed by atoms with Crippen LogP contribution in [0.15, 0.2) is 6.07 Å². The van der Waals surface area contributed by atoms with Gasteiger partial charge < -0.3 is 20.4 Å². The standard InChI is InChI=1S/C20H34N6S/c1-14-10-15(2)13-26(12-14)17-11-16(25-8-6-7-9-25)21-18(22-17)23-19(27)24-20(3,4)5/h11,14-15H,6-10,12-13H2,1-5H3,(H2,21,22,23,24,27). The van der Waals surface area contributed by atoms with Crippen molar-refractivity contribution in [1.29, 1.82) is 0 Å². The third-order valence-corrected chi connectivity index (χ3v) is 5.24. The molecule has 2 atom stereocenters. The van der Waals surface area contributed by atoms with Crippen LogP contribution in [0.4, 0.5) is 17.6 Å². The minimum absolute atomic E-state index is 0.1000. The summed E-state index contributed by atoms with van der Waals surface area (Å²) in [6, 6.07) is 2.15. The van der Waals surface area contributed by atoms with Gasteiger partial charge in [0.05, 0.1) is 0 Å². The highest BCUT2D eigenvalue weighted by atomic mass is 32.1. The lowest BCUT2D eigenvalue weighted by Crippen LogP contribution is -2.43. The van der Waals surface area contributed by atoms with Crippen molar-refractivity contribution in [2.24, 2.45) is 11.8 Å². The molecule has 0 saturated carbocycles. The van der Waals surface area contributed by atoms with E-state index in [1.165, 1.54) is 19.3 Å². The number of nitrogens with zero attached hydrogens (tertiary/aromatic N) is 4. The van der Waals surface area contributed by atoms with Crippen molar-refractivity contribution >= 4 is 34.9 Å². The summed E-state index contributed by atoms with van der Waals surface area (Å²) in [6.07, 6.45) is 3.74. The molecule has 150 valence electrons. The van der Waals surface area contributed by atoms with Gasteiger partial charge in [0.25, 0.3) is 0 Å². The van der Waals surface area contributed by atoms with Gasteiger partial charge in [0.15, 0.2) is 5.11 Å². The Morgan fingerprint density at radius 2 is 1.59 bits per heavy atom. The normalized spacial score (nSPS) is 23.4. The van der Waals surface area contributed by atoms with Crippen molar-refractivity contribution in [3.05, 3.63) is 6.07 Å². The lowest BCUT2D eigenvalue weighted by molar-refractivity contribution is 0.355. The maximum Gasteiger partial charge on any atom is 0.232 e. The van der Waals surface area contributed by atoms with Crippen molar-refractivity contribution in [2.45, 2.75) is 59.4 Å². The summed E-state index contributed by atoms with van der Waals surface area (Å²) < 4.78 is 0. The molecule has 2 saturated heterocycles. The molecule has 3 heterocycles. The van der Waals surface area contributed by atoms with Crippen LogP contribution >= 0.6 is 12.2 Å². The second-order valence-corrected chi connectivity index (χ2v) is 9.69. The maximum absolute atomic E-state index is 5.47. The van der Waals surface area contributed by atoms with Crippen molar-refractivity contribution in [1.82, 2.24) is 15.3 Å². The molecule has 3 rings (SSSR count). The third kappa shape index (κ3) is 5.67. The minimum Gasteiger partial charge on any atom is -0.358 e. The highest BCUT2D eigenvalue weighted by molar-refractivity contribution is 7.80. The Bertz CT molecular complexity index is 655. The average Bonchev–Trinajstić information content (AvgIpc) is 3.06. The molecule has 0 amide bonds. The van der Waals surface area contributed by atoms with Gasteiger partial charge in [0, 0.05) is 37.8 Å². The summed E-state index contributed by atoms with van der Waals surface area (Å²) >= 11 is 5.47. The van der Waals surface area contributed by atoms with Crippen molar-refractivity contribution in [3.63, 3.8) is 0 Å². The predicted octanol–water partition coefficient (Wildman–Crippen LogP) is 3.64. The van der Waals surface area contributed by atoms with E-state index in [2.05, 4.69) is 61.1 Å². The smallest absolute Gasteiger partial charge is 0.232 e. The van der Waals surface area contributed by atoms with Crippen LogP contribution in [0.3, 0.4) is 0 Å². The van der Waals surface area contributed by atoms with E-state index in [4.69, 9.17) is 22.2 Å². The van der Waals surface area contributed by atoms with E-state index in [1.807, 2.05) is 0 Å². The second kappa shape index (κ2) is 8.17. The zero-order valence-corrected chi connectivity index (χ0v) is 18.2. The van der Waals surface area contributed by atoms with Gasteiger partial charge in [-0.3, -0.25) is 0 Å². The Morgan fingerprint density at radius 3 is 2.15 bits per heavy atom. The van der Waals surface area contributed by atoms with E-state index < -0.39 is 0 Å². The quantitative estimate of drug-likeness (QED) is 0.764. The van der Waals surface area contributed by atoms with Gasteiger partial charge in [-0.25, -0.2) is 0 Å². The van der Waals surface area contributed by atoms with Gasteiger partial charge in [-0.2, -0.15) is 9.97 Å². The van der Waals surface area contributed by atoms with Crippen LogP contribution in [0.1, 0.15) is 53.9 Å². The van der Waals surface area contributed by atoms with E-state index in [1.54, 1.807) is 0 Å². The van der Waals surface area contributed by atoms with Crippen molar-refractivity contribution < 1.29 is 0 Å². The first-order valence-corrected chi connectivity index (χ1v) is 10.6. The van der Waals surface area contributed by atoms with E-state index in [-0.39, 0.29) is 5.54 Å². The average molecular weight is 391 g/mol. The fourth-order valence-corrected chi connectivity index (χ4v) is 4.47. The number of hydrogen-bond acceptors (Lipinski definition) is 5. The molecule has 27 heavy (non-hydrogen) atoms. The Morgan fingerprint density at radius 1 is 1.04 bits per heavy atom. The highest BCUT2D eigenvalue weighted by Crippen LogP contribution is 2.29. The molecule has 2 aliphatic rings. The van der Waals surface area contributed by atoms with Gasteiger partial charge >= 0.3 is 0 Å². The molecule has 0 bridgehead atoms. The molecule has 2 unspecified atom stereocenters. The minimum atomic E-state index is -0.1000. The van der Waals surface area contributed by atoms with E-state index in [0.717, 1.165) is 37.8 Å². The Labute approximate surface area is 169 Å². The van der Waals surface area contributed by atoms with Crippen LogP contribution in [-0.4, -0.2) is 46.8 Å². The molecule has 0 aromatic carbocycles. The van der Waals surface area contributed by atoms with E-state index in [0.29, 0.717) is 22.9 Å². The molecule has 0 radical (unpaired) electrons. The number of hydrogen-bond donors (Lipinski definition) is 2. The first-order chi connectivity index (χ1) is 12.7. The summed E-state index contributed by atoms with van der Waals surface area (Å²) in [5, 5.41) is 7.05. The number of anilines is 3. The second-order valence-electron chi connectivity index (χ2n) is 9.28. The van der Waals surface area contributed by atoms with E-state index in [9.17, 15) is 0 Å². The molecular weight excluding hydrogens is 356 g/mol. The van der Waals surface area contributed by atoms with E-state index >= 15 is 0 Å². The SMILES string of the molecule is CC1CC(C)CN(c2cc(N3CCCC3)nc(NC(=S)NC(C)(C)C)n2)C1. The summed E-state index contributed by atoms with van der Waals surface area (Å²) in [5.41, 5.74) is -0.1000. The highest BCUT2D eigenvalue weighted by Gasteiger charge is 2.25. The van der Waals surface area contributed by atoms with Gasteiger partial charge in [-0.1, -0.05) is 13.8 Å². The van der Waals surface area contributed by atoms with Crippen LogP contribution < -0.4 is 20.4 Å². The fourth-order valence-electron chi connectivity index (χ4n) is 4.07. The molecule has 7 heteroatoms. The fraction of sp³-hybridized carbons (Fsp3) is 0.750. The molecule has 2 N–H and O–H groups in total. The molecule has 0 aliphatic carbocycles. The first-order valence-electron chi connectivity index (χ1n) is 10.2. The molecule has 0 spiro atoms. The topological polar surface area (TPSA) is 56.3 Å². The van der Waals surface area contributed by atoms with Gasteiger partial charge in [-0.15, -0.1) is 0 Å². The molecule has 1 aromatic heterocycles. The Kier molecular flexibility index (Phi) is 6.08. The maximum atomic E-state index is 5.47. The largest absolute Gasteiger partial charge is 0.358 e. The van der Waals surface area contributed by atoms with Gasteiger partial charge in [-0.05, 0) is 64.1 Å². The molecule has 2 aliphatic heterocycles. The summed E-state index contributed by atoms with van der Waals surface area (Å²) in [5.74, 6) is 3.95. The summed E-state index contributed by atoms with van der Waals surface area (Å²) in [6.45, 7) is 15.1. The molecule has 2 fully saturated rings. The van der Waals surface area contributed by atoms with Crippen LogP contribution in [0.2, 0.25) is 0 Å². The van der Waals surface area contributed by atoms with Crippen LogP contribution in [0.5, 0.6) is 0 Å². The Hall–Kier alpha value is -1.63. The lowest BCUT2D eigenvalue weighted by atomic mass is 9.92. The van der Waals surface area contributed by atoms with Crippen molar-refractivity contribution in [2.75, 3.05) is 41.3 Å². The van der Waals surface area contributed by atoms with Crippen LogP contribution in [0, 0.1) is 11.8 Å². The molecule has 6 nitrogen and oxygen atoms in total. The number of thiocarbonyl (C=S) groups is 1. The summed E-state index contributed by atoms with van der Waals surface area (Å²) in [4.78, 5) is 14.3. The van der Waals surface area contributed by atoms with Crippen LogP contribution in [-0.2, 0) is 0 Å². The van der Waals surface area contributed by atoms with Gasteiger partial charge in [0.1, 0.15) is 11.6 Å². The van der Waals surface area contributed by atoms with Gasteiger partial charge in [0.2, 0.25) is 5.95 Å². The van der Waals surface area contributed by atoms with Crippen LogP contribution in [0.25, 0.3) is 0 Å². The predicted molar refractivity (Wildman–Crippen MR) is 118 cm³/mol. The number of aromatic nitrogens is 2. The Balaban J connectivity index is 1.85. The third-order valence-electron chi connectivity index (χ3n) is 5.04. The molecular formula is C20H34N6S. The zero-order valence-electron chi connectivity index (χ0n) is 17.4. The number of piperidine rings is 1. The number of rotatable bonds is 3. The van der Waals surface area contributed by atoms with Crippen molar-refractivity contribution in [3.8, 4) is 0 Å². The number of nitrogens with one attached hydrogen (secondary N) is 2. The summed E-state index contributed by atoms with van der Waals surface area (Å²) in [7, 11) is 0. The molecule has 1 aromatic rings.